The third kappa shape index (κ3) is 2.38. The van der Waals surface area contributed by atoms with Crippen LogP contribution in [0.25, 0.3) is 5.57 Å². The minimum atomic E-state index is -0.923. The molecular weight excluding hydrogens is 313 g/mol. The monoisotopic (exact) mass is 327 g/mol. The summed E-state index contributed by atoms with van der Waals surface area (Å²) in [4.78, 5) is 13.1. The van der Waals surface area contributed by atoms with E-state index in [2.05, 4.69) is 6.58 Å². The number of nitrogens with zero attached hydrogens (tertiary/aromatic N) is 1. The Morgan fingerprint density at radius 2 is 1.88 bits per heavy atom. The molecule has 0 saturated heterocycles. The first-order chi connectivity index (χ1) is 11.5. The predicted molar refractivity (Wildman–Crippen MR) is 87.3 cm³/mol. The molecule has 3 N–H and O–H groups in total. The fourth-order valence-corrected chi connectivity index (χ4v) is 2.80. The van der Waals surface area contributed by atoms with Crippen molar-refractivity contribution in [2.24, 2.45) is 0 Å². The summed E-state index contributed by atoms with van der Waals surface area (Å²) in [7, 11) is 0. The second kappa shape index (κ2) is 5.73. The van der Waals surface area contributed by atoms with E-state index in [4.69, 9.17) is 0 Å². The summed E-state index contributed by atoms with van der Waals surface area (Å²) in [6.45, 7) is 3.69. The predicted octanol–water partition coefficient (Wildman–Crippen LogP) is 3.23. The van der Waals surface area contributed by atoms with E-state index in [1.807, 2.05) is 0 Å². The van der Waals surface area contributed by atoms with Gasteiger partial charge in [0.2, 0.25) is 0 Å². The number of halogens is 1. The average molecular weight is 327 g/mol. The largest absolute Gasteiger partial charge is 0.508 e. The van der Waals surface area contributed by atoms with Crippen LogP contribution in [0.5, 0.6) is 17.2 Å². The van der Waals surface area contributed by atoms with Crippen molar-refractivity contribution in [3.05, 3.63) is 66.1 Å². The van der Waals surface area contributed by atoms with Gasteiger partial charge in [0, 0.05) is 29.6 Å². The molecule has 122 valence electrons. The zero-order valence-corrected chi connectivity index (χ0v) is 12.5. The van der Waals surface area contributed by atoms with Gasteiger partial charge >= 0.3 is 0 Å². The van der Waals surface area contributed by atoms with Crippen molar-refractivity contribution < 1.29 is 24.5 Å². The maximum Gasteiger partial charge on any atom is 0.166 e. The van der Waals surface area contributed by atoms with Gasteiger partial charge in [-0.05, 0) is 29.3 Å². The van der Waals surface area contributed by atoms with Crippen LogP contribution in [0.4, 0.5) is 10.1 Å². The number of benzene rings is 2. The highest BCUT2D eigenvalue weighted by Gasteiger charge is 2.30. The maximum absolute atomic E-state index is 13.7. The number of hydrogen-bond donors (Lipinski definition) is 3. The van der Waals surface area contributed by atoms with Gasteiger partial charge in [0.1, 0.15) is 23.8 Å². The lowest BCUT2D eigenvalue weighted by Gasteiger charge is -2.34. The SMILES string of the molecule is C=CC1=CN(c2ccc(O)c(F)c2)C(C=O)c2c(O)cc(O)cc21. The molecule has 3 rings (SSSR count). The first-order valence-electron chi connectivity index (χ1n) is 7.09. The summed E-state index contributed by atoms with van der Waals surface area (Å²) in [6, 6.07) is 5.36. The number of carbonyl (C=O) groups is 1. The minimum absolute atomic E-state index is 0.146. The molecule has 0 amide bonds. The van der Waals surface area contributed by atoms with E-state index in [9.17, 15) is 24.5 Å². The van der Waals surface area contributed by atoms with Crippen LogP contribution in [0, 0.1) is 5.82 Å². The lowest BCUT2D eigenvalue weighted by Crippen LogP contribution is -2.28. The van der Waals surface area contributed by atoms with Crippen molar-refractivity contribution >= 4 is 17.5 Å². The van der Waals surface area contributed by atoms with E-state index in [-0.39, 0.29) is 17.1 Å². The van der Waals surface area contributed by atoms with Crippen molar-refractivity contribution in [3.8, 4) is 17.2 Å². The molecule has 1 unspecified atom stereocenters. The van der Waals surface area contributed by atoms with Gasteiger partial charge in [0.15, 0.2) is 11.6 Å². The molecular formula is C18H14FNO4. The Hall–Kier alpha value is -3.28. The fraction of sp³-hybridized carbons (Fsp3) is 0.0556. The number of aromatic hydroxyl groups is 3. The van der Waals surface area contributed by atoms with Crippen LogP contribution in [0.3, 0.4) is 0 Å². The van der Waals surface area contributed by atoms with Gasteiger partial charge in [-0.3, -0.25) is 0 Å². The number of rotatable bonds is 3. The highest BCUT2D eigenvalue weighted by molar-refractivity contribution is 5.88. The van der Waals surface area contributed by atoms with Gasteiger partial charge in [0.05, 0.1) is 0 Å². The highest BCUT2D eigenvalue weighted by Crippen LogP contribution is 2.43. The topological polar surface area (TPSA) is 81.0 Å². The average Bonchev–Trinajstić information content (AvgIpc) is 2.55. The normalized spacial score (nSPS) is 16.3. The Morgan fingerprint density at radius 1 is 1.12 bits per heavy atom. The smallest absolute Gasteiger partial charge is 0.166 e. The molecule has 2 aromatic rings. The van der Waals surface area contributed by atoms with Crippen molar-refractivity contribution in [2.75, 3.05) is 4.90 Å². The van der Waals surface area contributed by atoms with E-state index in [1.165, 1.54) is 29.2 Å². The molecule has 0 radical (unpaired) electrons. The molecule has 0 spiro atoms. The van der Waals surface area contributed by atoms with Gasteiger partial charge in [-0.1, -0.05) is 12.7 Å². The second-order valence-corrected chi connectivity index (χ2v) is 5.34. The number of phenolic OH excluding ortho intramolecular Hbond substituents is 3. The van der Waals surface area contributed by atoms with Gasteiger partial charge in [0.25, 0.3) is 0 Å². The van der Waals surface area contributed by atoms with E-state index < -0.39 is 17.6 Å². The first-order valence-corrected chi connectivity index (χ1v) is 7.09. The fourth-order valence-electron chi connectivity index (χ4n) is 2.80. The van der Waals surface area contributed by atoms with Crippen molar-refractivity contribution in [1.29, 1.82) is 0 Å². The zero-order valence-electron chi connectivity index (χ0n) is 12.5. The van der Waals surface area contributed by atoms with Crippen molar-refractivity contribution in [3.63, 3.8) is 0 Å². The molecule has 0 fully saturated rings. The van der Waals surface area contributed by atoms with Crippen molar-refractivity contribution in [2.45, 2.75) is 6.04 Å². The molecule has 2 aromatic carbocycles. The third-order valence-electron chi connectivity index (χ3n) is 3.91. The van der Waals surface area contributed by atoms with Crippen LogP contribution in [-0.4, -0.2) is 21.6 Å². The van der Waals surface area contributed by atoms with Crippen LogP contribution in [0.2, 0.25) is 0 Å². The van der Waals surface area contributed by atoms with Gasteiger partial charge in [-0.25, -0.2) is 4.39 Å². The number of allylic oxidation sites excluding steroid dienone is 2. The Bertz CT molecular complexity index is 876. The zero-order chi connectivity index (χ0) is 17.4. The second-order valence-electron chi connectivity index (χ2n) is 5.34. The van der Waals surface area contributed by atoms with E-state index >= 15 is 0 Å². The van der Waals surface area contributed by atoms with Gasteiger partial charge < -0.3 is 25.0 Å². The summed E-state index contributed by atoms with van der Waals surface area (Å²) in [6.07, 6.45) is 3.68. The molecule has 1 atom stereocenters. The summed E-state index contributed by atoms with van der Waals surface area (Å²) in [5.41, 5.74) is 1.62. The summed E-state index contributed by atoms with van der Waals surface area (Å²) >= 11 is 0. The third-order valence-corrected chi connectivity index (χ3v) is 3.91. The van der Waals surface area contributed by atoms with Crippen LogP contribution < -0.4 is 4.90 Å². The van der Waals surface area contributed by atoms with Crippen molar-refractivity contribution in [1.82, 2.24) is 0 Å². The first kappa shape index (κ1) is 15.6. The number of fused-ring (bicyclic) bond motifs is 1. The molecule has 24 heavy (non-hydrogen) atoms. The Morgan fingerprint density at radius 3 is 2.50 bits per heavy atom. The van der Waals surface area contributed by atoms with Crippen LogP contribution in [-0.2, 0) is 4.79 Å². The molecule has 1 aliphatic rings. The summed E-state index contributed by atoms with van der Waals surface area (Å²) < 4.78 is 13.7. The standard InChI is InChI=1S/C18H14FNO4/c1-2-10-8-20(11-3-4-16(23)14(19)5-11)15(9-21)18-13(10)6-12(22)7-17(18)24/h2-9,15,22-24H,1H2. The number of aldehydes is 1. The minimum Gasteiger partial charge on any atom is -0.508 e. The highest BCUT2D eigenvalue weighted by atomic mass is 19.1. The molecule has 1 aliphatic heterocycles. The molecule has 5 nitrogen and oxygen atoms in total. The number of phenols is 3. The van der Waals surface area contributed by atoms with E-state index in [0.717, 1.165) is 12.1 Å². The maximum atomic E-state index is 13.7. The summed E-state index contributed by atoms with van der Waals surface area (Å²) in [5.74, 6) is -1.72. The molecule has 6 heteroatoms. The molecule has 0 aromatic heterocycles. The summed E-state index contributed by atoms with van der Waals surface area (Å²) in [5, 5.41) is 29.2. The van der Waals surface area contributed by atoms with Gasteiger partial charge in [-0.2, -0.15) is 0 Å². The lowest BCUT2D eigenvalue weighted by atomic mass is 9.90. The molecule has 0 bridgehead atoms. The Labute approximate surface area is 137 Å². The van der Waals surface area contributed by atoms with Crippen LogP contribution >= 0.6 is 0 Å². The number of carbonyl (C=O) groups excluding carboxylic acids is 1. The Kier molecular flexibility index (Phi) is 3.73. The van der Waals surface area contributed by atoms with E-state index in [1.54, 1.807) is 6.20 Å². The number of anilines is 1. The molecule has 1 heterocycles. The quantitative estimate of drug-likeness (QED) is 0.754. The molecule has 0 aliphatic carbocycles. The Balaban J connectivity index is 2.23. The molecule has 0 saturated carbocycles. The number of hydrogen-bond acceptors (Lipinski definition) is 5. The van der Waals surface area contributed by atoms with Crippen LogP contribution in [0.15, 0.2) is 49.2 Å². The van der Waals surface area contributed by atoms with E-state index in [0.29, 0.717) is 23.1 Å². The van der Waals surface area contributed by atoms with Crippen LogP contribution in [0.1, 0.15) is 17.2 Å². The lowest BCUT2D eigenvalue weighted by molar-refractivity contribution is -0.109. The van der Waals surface area contributed by atoms with Gasteiger partial charge in [-0.15, -0.1) is 0 Å².